The second kappa shape index (κ2) is 7.61. The number of aromatic nitrogens is 2. The zero-order valence-corrected chi connectivity index (χ0v) is 14.2. The predicted molar refractivity (Wildman–Crippen MR) is 92.8 cm³/mol. The van der Waals surface area contributed by atoms with Crippen LogP contribution in [0, 0.1) is 0 Å². The summed E-state index contributed by atoms with van der Waals surface area (Å²) in [5.74, 6) is 0. The van der Waals surface area contributed by atoms with Crippen LogP contribution in [-0.2, 0) is 6.54 Å². The maximum absolute atomic E-state index is 12.1. The van der Waals surface area contributed by atoms with Crippen LogP contribution in [0.4, 0.5) is 10.5 Å². The van der Waals surface area contributed by atoms with E-state index in [2.05, 4.69) is 38.1 Å². The first-order valence-corrected chi connectivity index (χ1v) is 8.99. The van der Waals surface area contributed by atoms with Crippen LogP contribution in [0.5, 0.6) is 0 Å². The number of aryl methyl sites for hydroxylation is 1. The third-order valence-electron chi connectivity index (χ3n) is 4.12. The van der Waals surface area contributed by atoms with Gasteiger partial charge in [-0.2, -0.15) is 5.10 Å². The zero-order chi connectivity index (χ0) is 16.1. The lowest BCUT2D eigenvalue weighted by molar-refractivity contribution is 0.229. The monoisotopic (exact) mass is 333 g/mol. The summed E-state index contributed by atoms with van der Waals surface area (Å²) >= 11 is 1.75. The van der Waals surface area contributed by atoms with Gasteiger partial charge in [0, 0.05) is 24.2 Å². The summed E-state index contributed by atoms with van der Waals surface area (Å²) in [5.41, 5.74) is 0.721. The molecule has 23 heavy (non-hydrogen) atoms. The van der Waals surface area contributed by atoms with Crippen molar-refractivity contribution in [3.63, 3.8) is 0 Å². The zero-order valence-electron chi connectivity index (χ0n) is 13.4. The fourth-order valence-corrected chi connectivity index (χ4v) is 3.77. The molecule has 0 unspecified atom stereocenters. The minimum absolute atomic E-state index is 0.179. The summed E-state index contributed by atoms with van der Waals surface area (Å²) in [6.45, 7) is 5.63. The normalized spacial score (nSPS) is 16.4. The molecule has 2 N–H and O–H groups in total. The largest absolute Gasteiger partial charge is 0.336 e. The Labute approximate surface area is 140 Å². The van der Waals surface area contributed by atoms with E-state index in [1.165, 1.54) is 17.7 Å². The standard InChI is InChI=1S/C16H23N5OS/c1-2-21-12-13(10-18-21)19-16(22)17-11-14(15-6-5-9-23-15)20-7-3-4-8-20/h5-6,9-10,12,14H,2-4,7-8,11H2,1H3,(H2,17,19,22)/t14-/m0/s1. The van der Waals surface area contributed by atoms with Crippen molar-refractivity contribution in [3.8, 4) is 0 Å². The van der Waals surface area contributed by atoms with Crippen LogP contribution >= 0.6 is 11.3 Å². The molecule has 3 rings (SSSR count). The SMILES string of the molecule is CCn1cc(NC(=O)NC[C@@H](c2cccs2)N2CCCC2)cn1. The van der Waals surface area contributed by atoms with E-state index in [1.54, 1.807) is 22.2 Å². The highest BCUT2D eigenvalue weighted by molar-refractivity contribution is 7.10. The van der Waals surface area contributed by atoms with Gasteiger partial charge in [-0.05, 0) is 44.3 Å². The molecule has 1 fully saturated rings. The number of hydrogen-bond acceptors (Lipinski definition) is 4. The minimum atomic E-state index is -0.179. The fraction of sp³-hybridized carbons (Fsp3) is 0.500. The maximum atomic E-state index is 12.1. The van der Waals surface area contributed by atoms with Gasteiger partial charge in [0.05, 0.1) is 17.9 Å². The van der Waals surface area contributed by atoms with E-state index in [0.29, 0.717) is 6.54 Å². The fourth-order valence-electron chi connectivity index (χ4n) is 2.91. The van der Waals surface area contributed by atoms with E-state index in [1.807, 2.05) is 13.1 Å². The molecule has 124 valence electrons. The van der Waals surface area contributed by atoms with Gasteiger partial charge in [0.1, 0.15) is 0 Å². The molecule has 0 aliphatic carbocycles. The second-order valence-corrected chi connectivity index (χ2v) is 6.67. The summed E-state index contributed by atoms with van der Waals surface area (Å²) in [7, 11) is 0. The number of urea groups is 1. The van der Waals surface area contributed by atoms with Crippen molar-refractivity contribution in [2.24, 2.45) is 0 Å². The smallest absolute Gasteiger partial charge is 0.319 e. The Kier molecular flexibility index (Phi) is 5.30. The van der Waals surface area contributed by atoms with E-state index in [4.69, 9.17) is 0 Å². The van der Waals surface area contributed by atoms with E-state index in [0.717, 1.165) is 25.3 Å². The molecule has 2 aromatic heterocycles. The lowest BCUT2D eigenvalue weighted by Crippen LogP contribution is -2.38. The van der Waals surface area contributed by atoms with Crippen LogP contribution in [-0.4, -0.2) is 40.3 Å². The Morgan fingerprint density at radius 3 is 2.91 bits per heavy atom. The molecular weight excluding hydrogens is 310 g/mol. The van der Waals surface area contributed by atoms with Gasteiger partial charge in [0.25, 0.3) is 0 Å². The molecule has 0 saturated carbocycles. The van der Waals surface area contributed by atoms with Gasteiger partial charge in [-0.1, -0.05) is 6.07 Å². The summed E-state index contributed by atoms with van der Waals surface area (Å²) in [4.78, 5) is 15.9. The van der Waals surface area contributed by atoms with Crippen LogP contribution in [0.3, 0.4) is 0 Å². The van der Waals surface area contributed by atoms with Crippen molar-refractivity contribution in [1.29, 1.82) is 0 Å². The Hall–Kier alpha value is -1.86. The minimum Gasteiger partial charge on any atom is -0.336 e. The number of nitrogens with zero attached hydrogens (tertiary/aromatic N) is 3. The maximum Gasteiger partial charge on any atom is 0.319 e. The molecule has 0 spiro atoms. The van der Waals surface area contributed by atoms with Gasteiger partial charge in [0.15, 0.2) is 0 Å². The average molecular weight is 333 g/mol. The molecule has 0 bridgehead atoms. The van der Waals surface area contributed by atoms with E-state index in [9.17, 15) is 4.79 Å². The molecule has 2 amide bonds. The second-order valence-electron chi connectivity index (χ2n) is 5.69. The molecule has 0 aromatic carbocycles. The Balaban J connectivity index is 1.56. The molecule has 1 aliphatic rings. The summed E-state index contributed by atoms with van der Waals surface area (Å²) < 4.78 is 1.79. The van der Waals surface area contributed by atoms with Gasteiger partial charge in [-0.25, -0.2) is 4.79 Å². The highest BCUT2D eigenvalue weighted by Gasteiger charge is 2.24. The Morgan fingerprint density at radius 1 is 1.43 bits per heavy atom. The summed E-state index contributed by atoms with van der Waals surface area (Å²) in [6, 6.07) is 4.31. The van der Waals surface area contributed by atoms with Gasteiger partial charge in [-0.3, -0.25) is 9.58 Å². The number of carbonyl (C=O) groups excluding carboxylic acids is 1. The number of hydrogen-bond donors (Lipinski definition) is 2. The van der Waals surface area contributed by atoms with Gasteiger partial charge in [-0.15, -0.1) is 11.3 Å². The highest BCUT2D eigenvalue weighted by Crippen LogP contribution is 2.27. The van der Waals surface area contributed by atoms with Crippen molar-refractivity contribution in [3.05, 3.63) is 34.8 Å². The first kappa shape index (κ1) is 16.0. The third kappa shape index (κ3) is 4.11. The number of amides is 2. The molecular formula is C16H23N5OS. The lowest BCUT2D eigenvalue weighted by atomic mass is 10.2. The third-order valence-corrected chi connectivity index (χ3v) is 5.10. The molecule has 0 radical (unpaired) electrons. The van der Waals surface area contributed by atoms with Crippen molar-refractivity contribution in [2.45, 2.75) is 32.4 Å². The van der Waals surface area contributed by atoms with Gasteiger partial charge >= 0.3 is 6.03 Å². The first-order valence-electron chi connectivity index (χ1n) is 8.11. The number of nitrogens with one attached hydrogen (secondary N) is 2. The number of anilines is 1. The molecule has 2 aromatic rings. The van der Waals surface area contributed by atoms with Crippen molar-refractivity contribution >= 4 is 23.1 Å². The summed E-state index contributed by atoms with van der Waals surface area (Å²) in [6.07, 6.45) is 5.98. The topological polar surface area (TPSA) is 62.2 Å². The highest BCUT2D eigenvalue weighted by atomic mass is 32.1. The van der Waals surface area contributed by atoms with E-state index >= 15 is 0 Å². The van der Waals surface area contributed by atoms with E-state index < -0.39 is 0 Å². The van der Waals surface area contributed by atoms with Crippen LogP contribution in [0.25, 0.3) is 0 Å². The first-order chi connectivity index (χ1) is 11.3. The van der Waals surface area contributed by atoms with Crippen LogP contribution in [0.1, 0.15) is 30.7 Å². The van der Waals surface area contributed by atoms with Crippen molar-refractivity contribution < 1.29 is 4.79 Å². The molecule has 3 heterocycles. The van der Waals surface area contributed by atoms with E-state index in [-0.39, 0.29) is 12.1 Å². The Morgan fingerprint density at radius 2 is 2.26 bits per heavy atom. The molecule has 7 heteroatoms. The van der Waals surface area contributed by atoms with Crippen molar-refractivity contribution in [1.82, 2.24) is 20.0 Å². The van der Waals surface area contributed by atoms with Gasteiger partial charge < -0.3 is 10.6 Å². The van der Waals surface area contributed by atoms with Crippen LogP contribution in [0.15, 0.2) is 29.9 Å². The quantitative estimate of drug-likeness (QED) is 0.854. The van der Waals surface area contributed by atoms with Crippen molar-refractivity contribution in [2.75, 3.05) is 25.0 Å². The number of carbonyl (C=O) groups is 1. The Bertz CT molecular complexity index is 618. The lowest BCUT2D eigenvalue weighted by Gasteiger charge is -2.26. The van der Waals surface area contributed by atoms with Gasteiger partial charge in [0.2, 0.25) is 0 Å². The van der Waals surface area contributed by atoms with Crippen LogP contribution in [0.2, 0.25) is 0 Å². The summed E-state index contributed by atoms with van der Waals surface area (Å²) in [5, 5.41) is 12.1. The van der Waals surface area contributed by atoms with Crippen LogP contribution < -0.4 is 10.6 Å². The number of likely N-dealkylation sites (tertiary alicyclic amines) is 1. The average Bonchev–Trinajstić information content (AvgIpc) is 3.30. The molecule has 1 aliphatic heterocycles. The number of rotatable bonds is 6. The molecule has 6 nitrogen and oxygen atoms in total. The predicted octanol–water partition coefficient (Wildman–Crippen LogP) is 2.92. The number of thiophene rings is 1. The molecule has 1 atom stereocenters. The molecule has 1 saturated heterocycles.